The van der Waals surface area contributed by atoms with Crippen molar-refractivity contribution in [2.24, 2.45) is 0 Å². The molecule has 438 valence electrons. The molecule has 3 atom stereocenters. The molecule has 4 N–H and O–H groups in total. The quantitative estimate of drug-likeness (QED) is 0.0337. The molecule has 2 aromatic carbocycles. The molecule has 1 saturated heterocycles. The van der Waals surface area contributed by atoms with Crippen molar-refractivity contribution in [1.29, 1.82) is 0 Å². The van der Waals surface area contributed by atoms with Crippen molar-refractivity contribution in [1.82, 2.24) is 5.06 Å². The summed E-state index contributed by atoms with van der Waals surface area (Å²) in [6.07, 6.45) is 2.48. The van der Waals surface area contributed by atoms with Gasteiger partial charge in [-0.15, -0.1) is 5.06 Å². The van der Waals surface area contributed by atoms with Crippen molar-refractivity contribution in [3.8, 4) is 0 Å². The van der Waals surface area contributed by atoms with E-state index in [2.05, 4.69) is 0 Å². The second-order valence-electron chi connectivity index (χ2n) is 19.4. The zero-order valence-electron chi connectivity index (χ0n) is 44.5. The Morgan fingerprint density at radius 1 is 0.671 bits per heavy atom. The van der Waals surface area contributed by atoms with Crippen LogP contribution in [0.2, 0.25) is 0 Å². The number of ether oxygens (including phenoxy) is 7. The van der Waals surface area contributed by atoms with Crippen molar-refractivity contribution in [2.45, 2.75) is 85.5 Å². The summed E-state index contributed by atoms with van der Waals surface area (Å²) in [4.78, 5) is 59.4. The summed E-state index contributed by atoms with van der Waals surface area (Å²) in [5.41, 5.74) is -0.790. The van der Waals surface area contributed by atoms with Crippen LogP contribution in [0.3, 0.4) is 0 Å². The van der Waals surface area contributed by atoms with Gasteiger partial charge in [-0.2, -0.15) is 25.3 Å². The van der Waals surface area contributed by atoms with Crippen LogP contribution < -0.4 is 9.80 Å². The van der Waals surface area contributed by atoms with Crippen LogP contribution in [0.5, 0.6) is 0 Å². The third kappa shape index (κ3) is 15.8. The Hall–Kier alpha value is -5.21. The molecule has 1 aliphatic carbocycles. The molecular weight excluding hydrogens is 1100 g/mol. The van der Waals surface area contributed by atoms with E-state index in [1.807, 2.05) is 0 Å². The number of methoxy groups -OCH3 is 2. The predicted octanol–water partition coefficient (Wildman–Crippen LogP) is 3.43. The van der Waals surface area contributed by atoms with Crippen LogP contribution in [-0.4, -0.2) is 191 Å². The average molecular weight is 1170 g/mol. The van der Waals surface area contributed by atoms with E-state index in [4.69, 9.17) is 38.0 Å². The van der Waals surface area contributed by atoms with E-state index in [1.165, 1.54) is 55.7 Å². The molecule has 0 spiro atoms. The number of aliphatic hydroxyl groups is 1. The number of aliphatic hydroxyl groups excluding tert-OH is 1. The summed E-state index contributed by atoms with van der Waals surface area (Å²) < 4.78 is 142. The number of rotatable bonds is 34. The van der Waals surface area contributed by atoms with Crippen molar-refractivity contribution in [3.05, 3.63) is 82.3 Å². The first-order valence-electron chi connectivity index (χ1n) is 25.4. The minimum atomic E-state index is -4.76. The molecule has 79 heavy (non-hydrogen) atoms. The Bertz CT molecular complexity index is 2980. The minimum absolute atomic E-state index is 0.0172. The van der Waals surface area contributed by atoms with Gasteiger partial charge in [-0.05, 0) is 92.3 Å². The summed E-state index contributed by atoms with van der Waals surface area (Å²) in [6.45, 7) is 7.23. The van der Waals surface area contributed by atoms with Gasteiger partial charge in [-0.1, -0.05) is 6.92 Å². The van der Waals surface area contributed by atoms with Gasteiger partial charge in [-0.25, -0.2) is 4.79 Å². The molecule has 25 nitrogen and oxygen atoms in total. The van der Waals surface area contributed by atoms with E-state index in [1.54, 1.807) is 30.8 Å². The number of hydrogen-bond acceptors (Lipinski definition) is 21. The molecule has 0 aromatic heterocycles. The number of carbonyl (C=O) groups excluding carboxylic acids is 4. The lowest BCUT2D eigenvalue weighted by Gasteiger charge is -2.37. The third-order valence-electron chi connectivity index (χ3n) is 14.1. The zero-order chi connectivity index (χ0) is 57.8. The maximum absolute atomic E-state index is 14.6. The third-order valence-corrected chi connectivity index (χ3v) is 16.6. The number of nitrogens with zero attached hydrogens (tertiary/aromatic N) is 3. The van der Waals surface area contributed by atoms with Crippen LogP contribution >= 0.6 is 0 Å². The maximum Gasteiger partial charge on any atom is 0.333 e. The van der Waals surface area contributed by atoms with Crippen LogP contribution in [0, 0.1) is 0 Å². The topological polar surface area (TPSA) is 335 Å². The highest BCUT2D eigenvalue weighted by Gasteiger charge is 2.50. The van der Waals surface area contributed by atoms with Gasteiger partial charge in [0, 0.05) is 81.1 Å². The highest BCUT2D eigenvalue weighted by molar-refractivity contribution is 7.86. The molecule has 0 bridgehead atoms. The first-order chi connectivity index (χ1) is 37.4. The van der Waals surface area contributed by atoms with E-state index in [0.717, 1.165) is 0 Å². The lowest BCUT2D eigenvalue weighted by Crippen LogP contribution is -2.44. The fourth-order valence-corrected chi connectivity index (χ4v) is 11.5. The first kappa shape index (κ1) is 63.0. The van der Waals surface area contributed by atoms with Crippen molar-refractivity contribution in [2.75, 3.05) is 122 Å². The SMILES string of the molecule is COCCOCCOCCOCCOCCOCCN1c2ccc(S(=O)(=O)O)cc2C(C)(CCCS(=O)(=O)O)C1/C=C1\C(=O)C(/C=C2/N(CCCC(=O)ON3C(=O)CCC3=O)c3ccc(S(=O)(=O)O)cc3C2(C)CCOC)=C1O. The number of Topliss-reactive ketones (excluding diaryl/α,β-unsaturated/α-hetero) is 1. The Morgan fingerprint density at radius 2 is 1.19 bits per heavy atom. The van der Waals surface area contributed by atoms with E-state index in [9.17, 15) is 63.2 Å². The Morgan fingerprint density at radius 3 is 1.71 bits per heavy atom. The number of ketones is 1. The minimum Gasteiger partial charge on any atom is -0.506 e. The predicted molar refractivity (Wildman–Crippen MR) is 281 cm³/mol. The molecule has 2 amide bonds. The summed E-state index contributed by atoms with van der Waals surface area (Å²) in [6, 6.07) is 6.90. The second kappa shape index (κ2) is 27.5. The van der Waals surface area contributed by atoms with Crippen molar-refractivity contribution < 1.29 is 101 Å². The van der Waals surface area contributed by atoms with Gasteiger partial charge in [0.05, 0.1) is 105 Å². The average Bonchev–Trinajstić information content (AvgIpc) is 4.18. The number of imide groups is 1. The fraction of sp³-hybridized carbons (Fsp3) is 0.569. The summed E-state index contributed by atoms with van der Waals surface area (Å²) >= 11 is 0. The monoisotopic (exact) mass is 1170 g/mol. The van der Waals surface area contributed by atoms with Gasteiger partial charge >= 0.3 is 5.97 Å². The van der Waals surface area contributed by atoms with Gasteiger partial charge in [0.15, 0.2) is 5.78 Å². The Labute approximate surface area is 459 Å². The normalized spacial score (nSPS) is 21.5. The van der Waals surface area contributed by atoms with Crippen molar-refractivity contribution >= 4 is 65.3 Å². The van der Waals surface area contributed by atoms with Crippen LogP contribution in [-0.2, 0) is 98.4 Å². The number of allylic oxidation sites excluding steroid dienone is 4. The number of fused-ring (bicyclic) bond motifs is 2. The molecule has 3 aliphatic heterocycles. The molecular formula is C51H69N3O22S3. The van der Waals surface area contributed by atoms with Crippen LogP contribution in [0.25, 0.3) is 0 Å². The van der Waals surface area contributed by atoms with E-state index >= 15 is 0 Å². The summed E-state index contributed by atoms with van der Waals surface area (Å²) in [5.74, 6) is -3.99. The largest absolute Gasteiger partial charge is 0.506 e. The lowest BCUT2D eigenvalue weighted by molar-refractivity contribution is -0.197. The molecule has 28 heteroatoms. The summed E-state index contributed by atoms with van der Waals surface area (Å²) in [5, 5.41) is 12.4. The molecule has 3 heterocycles. The molecule has 0 radical (unpaired) electrons. The summed E-state index contributed by atoms with van der Waals surface area (Å²) in [7, 11) is -10.9. The smallest absolute Gasteiger partial charge is 0.333 e. The highest BCUT2D eigenvalue weighted by Crippen LogP contribution is 2.53. The van der Waals surface area contributed by atoms with Crippen molar-refractivity contribution in [3.63, 3.8) is 0 Å². The number of hydrogen-bond donors (Lipinski definition) is 4. The number of carbonyl (C=O) groups is 4. The van der Waals surface area contributed by atoms with Gasteiger partial charge in [0.25, 0.3) is 42.2 Å². The number of benzene rings is 2. The van der Waals surface area contributed by atoms with Gasteiger partial charge in [-0.3, -0.25) is 28.0 Å². The van der Waals surface area contributed by atoms with E-state index in [0.29, 0.717) is 79.5 Å². The molecule has 6 rings (SSSR count). The van der Waals surface area contributed by atoms with E-state index < -0.39 is 92.1 Å². The first-order valence-corrected chi connectivity index (χ1v) is 29.9. The number of anilines is 2. The second-order valence-corrected chi connectivity index (χ2v) is 23.8. The molecule has 3 unspecified atom stereocenters. The van der Waals surface area contributed by atoms with Crippen LogP contribution in [0.1, 0.15) is 69.9 Å². The van der Waals surface area contributed by atoms with Gasteiger partial charge < -0.3 is 52.9 Å². The van der Waals surface area contributed by atoms with Gasteiger partial charge in [0.1, 0.15) is 5.76 Å². The number of amides is 2. The standard InChI is InChI=1S/C51H69N3O22S3/c1-50(14-6-30-77(60,61)62)39-31-35(78(63,64)65)9-11-42(39)53(17-19-71-22-23-73-26-27-75-29-28-74-25-24-72-21-20-70-4)43(50)33-37-48(58)38(49(37)59)34-44-51(2,15-18-69-3)40-32-36(79(66,67)68)8-10-41(40)52(44)16-5-7-47(57)76-54-45(55)12-13-46(54)56/h8-11,31-34,43,58H,5-7,12-30H2,1-4H3,(H,60,61,62)(H,63,64,65)(H,66,67,68)/b37-33-,44-34+. The lowest BCUT2D eigenvalue weighted by atomic mass is 9.72. The Balaban J connectivity index is 1.27. The molecule has 0 saturated carbocycles. The molecule has 1 fully saturated rings. The molecule has 2 aromatic rings. The van der Waals surface area contributed by atoms with E-state index in [-0.39, 0.29) is 102 Å². The van der Waals surface area contributed by atoms with Gasteiger partial charge in [0.2, 0.25) is 0 Å². The maximum atomic E-state index is 14.6. The van der Waals surface area contributed by atoms with Crippen LogP contribution in [0.15, 0.2) is 80.9 Å². The highest BCUT2D eigenvalue weighted by atomic mass is 32.2. The Kier molecular flexibility index (Phi) is 21.9. The molecule has 4 aliphatic rings. The number of hydroxylamine groups is 2. The van der Waals surface area contributed by atoms with Crippen LogP contribution in [0.4, 0.5) is 11.4 Å². The fourth-order valence-electron chi connectivity index (χ4n) is 9.94. The zero-order valence-corrected chi connectivity index (χ0v) is 46.9.